The first-order chi connectivity index (χ1) is 8.36. The van der Waals surface area contributed by atoms with Crippen LogP contribution in [0.4, 0.5) is 0 Å². The zero-order valence-corrected chi connectivity index (χ0v) is 10.3. The fraction of sp³-hybridized carbons (Fsp3) is 0.533. The van der Waals surface area contributed by atoms with Crippen LogP contribution in [0.2, 0.25) is 0 Å². The highest BCUT2D eigenvalue weighted by atomic mass is 16.5. The van der Waals surface area contributed by atoms with Crippen LogP contribution in [0.5, 0.6) is 0 Å². The fourth-order valence-corrected chi connectivity index (χ4v) is 2.49. The van der Waals surface area contributed by atoms with Crippen molar-refractivity contribution in [3.05, 3.63) is 41.1 Å². The third-order valence-corrected chi connectivity index (χ3v) is 3.52. The van der Waals surface area contributed by atoms with E-state index in [1.807, 2.05) is 24.4 Å². The van der Waals surface area contributed by atoms with E-state index in [0.717, 1.165) is 25.7 Å². The van der Waals surface area contributed by atoms with E-state index in [0.29, 0.717) is 0 Å². The lowest BCUT2D eigenvalue weighted by Gasteiger charge is -2.20. The van der Waals surface area contributed by atoms with Crippen LogP contribution in [0.3, 0.4) is 0 Å². The van der Waals surface area contributed by atoms with E-state index < -0.39 is 0 Å². The Kier molecular flexibility index (Phi) is 4.60. The van der Waals surface area contributed by atoms with Crippen molar-refractivity contribution >= 4 is 6.21 Å². The zero-order chi connectivity index (χ0) is 11.9. The van der Waals surface area contributed by atoms with Gasteiger partial charge >= 0.3 is 0 Å². The first-order valence-electron chi connectivity index (χ1n) is 6.69. The molecule has 1 fully saturated rings. The molecule has 1 saturated carbocycles. The summed E-state index contributed by atoms with van der Waals surface area (Å²) in [5, 5.41) is 11.8. The van der Waals surface area contributed by atoms with Crippen molar-refractivity contribution in [3.63, 3.8) is 0 Å². The number of hydrogen-bond donors (Lipinski definition) is 0. The second kappa shape index (κ2) is 6.43. The molecule has 1 aromatic rings. The van der Waals surface area contributed by atoms with E-state index in [1.54, 1.807) is 0 Å². The second-order valence-electron chi connectivity index (χ2n) is 4.86. The van der Waals surface area contributed by atoms with Gasteiger partial charge in [0.2, 0.25) is 0 Å². The van der Waals surface area contributed by atoms with Gasteiger partial charge in [0.05, 0.1) is 0 Å². The molecule has 1 aliphatic carbocycles. The summed E-state index contributed by atoms with van der Waals surface area (Å²) in [5.74, 6) is 0. The van der Waals surface area contributed by atoms with Crippen LogP contribution in [0.1, 0.15) is 44.1 Å². The predicted molar refractivity (Wildman–Crippen MR) is 71.3 cm³/mol. The molecule has 0 amide bonds. The number of aryl methyl sites for hydroxylation is 1. The van der Waals surface area contributed by atoms with Crippen LogP contribution in [-0.4, -0.2) is 17.0 Å². The highest BCUT2D eigenvalue weighted by Crippen LogP contribution is 2.19. The largest absolute Gasteiger partial charge is 0.624 e. The first kappa shape index (κ1) is 12.2. The Hall–Kier alpha value is -1.31. The second-order valence-corrected chi connectivity index (χ2v) is 4.86. The van der Waals surface area contributed by atoms with Gasteiger partial charge in [0.1, 0.15) is 0 Å². The molecule has 0 radical (unpaired) electrons. The molecule has 2 nitrogen and oxygen atoms in total. The summed E-state index contributed by atoms with van der Waals surface area (Å²) in [6.07, 6.45) is 9.54. The van der Waals surface area contributed by atoms with E-state index in [9.17, 15) is 5.21 Å². The molecule has 0 atom stereocenters. The number of hydroxylamine groups is 1. The van der Waals surface area contributed by atoms with Gasteiger partial charge in [-0.1, -0.05) is 36.8 Å². The lowest BCUT2D eigenvalue weighted by atomic mass is 9.96. The van der Waals surface area contributed by atoms with Gasteiger partial charge in [-0.25, -0.2) is 4.74 Å². The van der Waals surface area contributed by atoms with Gasteiger partial charge in [0.15, 0.2) is 12.3 Å². The Labute approximate surface area is 104 Å². The zero-order valence-electron chi connectivity index (χ0n) is 10.3. The summed E-state index contributed by atoms with van der Waals surface area (Å²) < 4.78 is 1.21. The van der Waals surface area contributed by atoms with E-state index in [4.69, 9.17) is 0 Å². The monoisotopic (exact) mass is 231 g/mol. The molecule has 0 spiro atoms. The van der Waals surface area contributed by atoms with Crippen molar-refractivity contribution < 1.29 is 4.74 Å². The number of hydrogen-bond acceptors (Lipinski definition) is 1. The average Bonchev–Trinajstić information content (AvgIpc) is 2.41. The number of rotatable bonds is 4. The molecule has 0 aromatic heterocycles. The minimum atomic E-state index is 0.250. The van der Waals surface area contributed by atoms with Gasteiger partial charge < -0.3 is 5.21 Å². The molecule has 1 aromatic carbocycles. The molecule has 0 N–H and O–H groups in total. The third kappa shape index (κ3) is 3.88. The Morgan fingerprint density at radius 3 is 2.53 bits per heavy atom. The van der Waals surface area contributed by atoms with Crippen LogP contribution in [0.25, 0.3) is 0 Å². The first-order valence-corrected chi connectivity index (χ1v) is 6.69. The molecular formula is C15H21NO. The predicted octanol–water partition coefficient (Wildman–Crippen LogP) is 3.53. The van der Waals surface area contributed by atoms with E-state index in [1.165, 1.54) is 29.6 Å². The van der Waals surface area contributed by atoms with Crippen LogP contribution >= 0.6 is 0 Å². The Morgan fingerprint density at radius 1 is 1.12 bits per heavy atom. The standard InChI is InChI=1S/C15H21NO/c17-16(15-11-5-2-6-12-15)13-7-10-14-8-3-1-4-9-14/h1,3-4,8-9,13,15H,2,5-7,10-12H2. The van der Waals surface area contributed by atoms with Crippen molar-refractivity contribution in [2.75, 3.05) is 0 Å². The van der Waals surface area contributed by atoms with Crippen molar-refractivity contribution in [2.24, 2.45) is 0 Å². The SMILES string of the molecule is [O-][N+](=CCCc1ccccc1)C1CCCCC1. The molecular weight excluding hydrogens is 210 g/mol. The van der Waals surface area contributed by atoms with E-state index in [-0.39, 0.29) is 6.04 Å². The Morgan fingerprint density at radius 2 is 1.82 bits per heavy atom. The van der Waals surface area contributed by atoms with Crippen molar-refractivity contribution in [2.45, 2.75) is 51.0 Å². The van der Waals surface area contributed by atoms with Crippen molar-refractivity contribution in [1.82, 2.24) is 0 Å². The average molecular weight is 231 g/mol. The normalized spacial score (nSPS) is 18.2. The molecule has 17 heavy (non-hydrogen) atoms. The van der Waals surface area contributed by atoms with E-state index in [2.05, 4.69) is 12.1 Å². The highest BCUT2D eigenvalue weighted by Gasteiger charge is 2.18. The fourth-order valence-electron chi connectivity index (χ4n) is 2.49. The van der Waals surface area contributed by atoms with Gasteiger partial charge in [0, 0.05) is 19.3 Å². The molecule has 0 aliphatic heterocycles. The molecule has 0 heterocycles. The molecule has 0 bridgehead atoms. The Balaban J connectivity index is 1.79. The van der Waals surface area contributed by atoms with Gasteiger partial charge in [-0.2, -0.15) is 0 Å². The van der Waals surface area contributed by atoms with Crippen LogP contribution in [-0.2, 0) is 6.42 Å². The summed E-state index contributed by atoms with van der Waals surface area (Å²) in [4.78, 5) is 0. The molecule has 2 heteroatoms. The van der Waals surface area contributed by atoms with Gasteiger partial charge in [-0.15, -0.1) is 0 Å². The molecule has 2 rings (SSSR count). The van der Waals surface area contributed by atoms with Crippen molar-refractivity contribution in [1.29, 1.82) is 0 Å². The summed E-state index contributed by atoms with van der Waals surface area (Å²) in [6.45, 7) is 0. The van der Waals surface area contributed by atoms with Crippen LogP contribution in [0, 0.1) is 5.21 Å². The summed E-state index contributed by atoms with van der Waals surface area (Å²) in [7, 11) is 0. The topological polar surface area (TPSA) is 26.1 Å². The summed E-state index contributed by atoms with van der Waals surface area (Å²) >= 11 is 0. The number of nitrogens with zero attached hydrogens (tertiary/aromatic N) is 1. The molecule has 0 unspecified atom stereocenters. The lowest BCUT2D eigenvalue weighted by Crippen LogP contribution is -2.25. The summed E-state index contributed by atoms with van der Waals surface area (Å²) in [6, 6.07) is 10.6. The summed E-state index contributed by atoms with van der Waals surface area (Å²) in [5.41, 5.74) is 1.31. The van der Waals surface area contributed by atoms with E-state index >= 15 is 0 Å². The number of benzene rings is 1. The maximum absolute atomic E-state index is 11.8. The smallest absolute Gasteiger partial charge is 0.162 e. The van der Waals surface area contributed by atoms with Gasteiger partial charge in [-0.05, 0) is 24.8 Å². The lowest BCUT2D eigenvalue weighted by molar-refractivity contribution is -0.502. The highest BCUT2D eigenvalue weighted by molar-refractivity contribution is 5.52. The minimum Gasteiger partial charge on any atom is -0.624 e. The molecule has 92 valence electrons. The maximum atomic E-state index is 11.8. The van der Waals surface area contributed by atoms with Crippen molar-refractivity contribution in [3.8, 4) is 0 Å². The maximum Gasteiger partial charge on any atom is 0.162 e. The van der Waals surface area contributed by atoms with Gasteiger partial charge in [-0.3, -0.25) is 0 Å². The molecule has 1 aliphatic rings. The van der Waals surface area contributed by atoms with Crippen LogP contribution < -0.4 is 0 Å². The molecule has 0 saturated heterocycles. The van der Waals surface area contributed by atoms with Crippen LogP contribution in [0.15, 0.2) is 30.3 Å². The quantitative estimate of drug-likeness (QED) is 0.337. The minimum absolute atomic E-state index is 0.250. The Bertz CT molecular complexity index is 352. The third-order valence-electron chi connectivity index (χ3n) is 3.52. The van der Waals surface area contributed by atoms with Gasteiger partial charge in [0.25, 0.3) is 0 Å².